The Bertz CT molecular complexity index is 1020. The number of aryl methyl sites for hydroxylation is 1. The van der Waals surface area contributed by atoms with Crippen LogP contribution in [0.3, 0.4) is 0 Å². The van der Waals surface area contributed by atoms with Crippen molar-refractivity contribution in [2.24, 2.45) is 0 Å². The van der Waals surface area contributed by atoms with Crippen molar-refractivity contribution in [1.82, 2.24) is 20.1 Å². The Morgan fingerprint density at radius 2 is 2.00 bits per heavy atom. The van der Waals surface area contributed by atoms with E-state index in [1.807, 2.05) is 19.2 Å². The first kappa shape index (κ1) is 21.0. The quantitative estimate of drug-likeness (QED) is 0.594. The van der Waals surface area contributed by atoms with E-state index in [9.17, 15) is 14.0 Å². The van der Waals surface area contributed by atoms with Gasteiger partial charge >= 0.3 is 0 Å². The maximum atomic E-state index is 14.1. The van der Waals surface area contributed by atoms with Gasteiger partial charge in [0.1, 0.15) is 11.6 Å². The molecule has 0 saturated heterocycles. The molecule has 8 nitrogen and oxygen atoms in total. The van der Waals surface area contributed by atoms with Crippen molar-refractivity contribution in [3.05, 3.63) is 72.1 Å². The summed E-state index contributed by atoms with van der Waals surface area (Å²) in [6, 6.07) is 6.88. The second-order valence-electron chi connectivity index (χ2n) is 6.73. The third-order valence-corrected chi connectivity index (χ3v) is 4.36. The average molecular weight is 411 g/mol. The van der Waals surface area contributed by atoms with Gasteiger partial charge in [-0.25, -0.2) is 4.39 Å². The third-order valence-electron chi connectivity index (χ3n) is 4.36. The maximum absolute atomic E-state index is 14.1. The summed E-state index contributed by atoms with van der Waals surface area (Å²) in [6.45, 7) is 2.51. The normalized spacial score (nSPS) is 11.6. The van der Waals surface area contributed by atoms with Crippen LogP contribution in [0.4, 0.5) is 10.1 Å². The van der Waals surface area contributed by atoms with Crippen molar-refractivity contribution >= 4 is 17.5 Å². The van der Waals surface area contributed by atoms with E-state index in [1.165, 1.54) is 31.6 Å². The number of ether oxygens (including phenoxy) is 1. The van der Waals surface area contributed by atoms with E-state index in [0.717, 1.165) is 12.1 Å². The number of benzene rings is 1. The number of pyridine rings is 1. The number of aromatic nitrogens is 3. The van der Waals surface area contributed by atoms with E-state index in [-0.39, 0.29) is 22.9 Å². The summed E-state index contributed by atoms with van der Waals surface area (Å²) >= 11 is 0. The van der Waals surface area contributed by atoms with Crippen LogP contribution in [-0.2, 0) is 6.54 Å². The largest absolute Gasteiger partial charge is 0.495 e. The van der Waals surface area contributed by atoms with Gasteiger partial charge in [-0.15, -0.1) is 0 Å². The highest BCUT2D eigenvalue weighted by molar-refractivity contribution is 6.05. The Morgan fingerprint density at radius 1 is 1.17 bits per heavy atom. The molecule has 3 aromatic rings. The van der Waals surface area contributed by atoms with Crippen LogP contribution in [0.1, 0.15) is 34.1 Å². The molecule has 1 aromatic carbocycles. The van der Waals surface area contributed by atoms with E-state index in [4.69, 9.17) is 4.74 Å². The number of carbonyl (C=O) groups excluding carboxylic acids is 2. The molecule has 156 valence electrons. The number of halogens is 1. The zero-order valence-electron chi connectivity index (χ0n) is 16.6. The van der Waals surface area contributed by atoms with Gasteiger partial charge in [-0.2, -0.15) is 5.10 Å². The molecule has 2 aromatic heterocycles. The lowest BCUT2D eigenvalue weighted by molar-refractivity contribution is 0.0935. The second kappa shape index (κ2) is 9.64. The van der Waals surface area contributed by atoms with Gasteiger partial charge in [0.05, 0.1) is 18.9 Å². The van der Waals surface area contributed by atoms with Crippen molar-refractivity contribution in [3.8, 4) is 5.75 Å². The fourth-order valence-electron chi connectivity index (χ4n) is 2.79. The molecule has 0 aliphatic heterocycles. The Balaban J connectivity index is 1.64. The monoisotopic (exact) mass is 411 g/mol. The summed E-state index contributed by atoms with van der Waals surface area (Å²) in [5, 5.41) is 9.52. The fraction of sp³-hybridized carbons (Fsp3) is 0.238. The smallest absolute Gasteiger partial charge is 0.257 e. The Morgan fingerprint density at radius 3 is 2.73 bits per heavy atom. The van der Waals surface area contributed by atoms with Crippen molar-refractivity contribution in [2.45, 2.75) is 25.9 Å². The Labute approximate surface area is 173 Å². The molecule has 30 heavy (non-hydrogen) atoms. The molecule has 0 bridgehead atoms. The molecule has 0 radical (unpaired) electrons. The first-order chi connectivity index (χ1) is 14.4. The van der Waals surface area contributed by atoms with Gasteiger partial charge in [-0.1, -0.05) is 0 Å². The SMILES string of the molecule is COc1cncc(C(=O)Nc2cc(F)cc(C(=O)NC(C)CCn3cccn3)c2)c1. The topological polar surface area (TPSA) is 98.1 Å². The van der Waals surface area contributed by atoms with Gasteiger partial charge < -0.3 is 15.4 Å². The van der Waals surface area contributed by atoms with E-state index in [2.05, 4.69) is 20.7 Å². The lowest BCUT2D eigenvalue weighted by Crippen LogP contribution is -2.33. The first-order valence-electron chi connectivity index (χ1n) is 9.34. The molecule has 2 amide bonds. The standard InChI is InChI=1S/C21H22FN5O3/c1-14(4-7-27-6-3-5-24-27)25-20(28)15-8-17(22)11-18(9-15)26-21(29)16-10-19(30-2)13-23-12-16/h3,5-6,8-14H,4,7H2,1-2H3,(H,25,28)(H,26,29). The number of carbonyl (C=O) groups is 2. The lowest BCUT2D eigenvalue weighted by atomic mass is 10.1. The zero-order chi connectivity index (χ0) is 21.5. The summed E-state index contributed by atoms with van der Waals surface area (Å²) in [5.74, 6) is -1.14. The molecule has 2 N–H and O–H groups in total. The van der Waals surface area contributed by atoms with Crippen LogP contribution < -0.4 is 15.4 Å². The van der Waals surface area contributed by atoms with Crippen molar-refractivity contribution < 1.29 is 18.7 Å². The summed E-state index contributed by atoms with van der Waals surface area (Å²) in [7, 11) is 1.46. The zero-order valence-corrected chi connectivity index (χ0v) is 16.6. The highest BCUT2D eigenvalue weighted by Gasteiger charge is 2.14. The van der Waals surface area contributed by atoms with Gasteiger partial charge in [0.15, 0.2) is 0 Å². The Hall–Kier alpha value is -3.75. The number of amides is 2. The third kappa shape index (κ3) is 5.63. The predicted octanol–water partition coefficient (Wildman–Crippen LogP) is 2.89. The summed E-state index contributed by atoms with van der Waals surface area (Å²) in [6.07, 6.45) is 7.03. The first-order valence-corrected chi connectivity index (χ1v) is 9.34. The average Bonchev–Trinajstić information content (AvgIpc) is 3.25. The molecule has 1 unspecified atom stereocenters. The highest BCUT2D eigenvalue weighted by Crippen LogP contribution is 2.17. The summed E-state index contributed by atoms with van der Waals surface area (Å²) < 4.78 is 20.9. The van der Waals surface area contributed by atoms with Gasteiger partial charge in [-0.05, 0) is 43.7 Å². The van der Waals surface area contributed by atoms with Crippen molar-refractivity contribution in [3.63, 3.8) is 0 Å². The number of anilines is 1. The van der Waals surface area contributed by atoms with Crippen LogP contribution in [0.5, 0.6) is 5.75 Å². The minimum Gasteiger partial charge on any atom is -0.495 e. The van der Waals surface area contributed by atoms with Crippen LogP contribution in [-0.4, -0.2) is 39.7 Å². The van der Waals surface area contributed by atoms with Crippen molar-refractivity contribution in [2.75, 3.05) is 12.4 Å². The van der Waals surface area contributed by atoms with Crippen LogP contribution >= 0.6 is 0 Å². The summed E-state index contributed by atoms with van der Waals surface area (Å²) in [5.41, 5.74) is 0.522. The van der Waals surface area contributed by atoms with Crippen LogP contribution in [0.15, 0.2) is 55.1 Å². The number of nitrogens with zero attached hydrogens (tertiary/aromatic N) is 3. The number of hydrogen-bond donors (Lipinski definition) is 2. The van der Waals surface area contributed by atoms with Crippen LogP contribution in [0.2, 0.25) is 0 Å². The van der Waals surface area contributed by atoms with Crippen LogP contribution in [0.25, 0.3) is 0 Å². The van der Waals surface area contributed by atoms with E-state index >= 15 is 0 Å². The number of nitrogens with one attached hydrogen (secondary N) is 2. The van der Waals surface area contributed by atoms with Gasteiger partial charge in [0.2, 0.25) is 0 Å². The molecule has 0 saturated carbocycles. The fourth-order valence-corrected chi connectivity index (χ4v) is 2.79. The number of methoxy groups -OCH3 is 1. The molecule has 0 spiro atoms. The van der Waals surface area contributed by atoms with Crippen LogP contribution in [0, 0.1) is 5.82 Å². The van der Waals surface area contributed by atoms with E-state index in [1.54, 1.807) is 10.9 Å². The molecular formula is C21H22FN5O3. The molecule has 0 aliphatic rings. The predicted molar refractivity (Wildman–Crippen MR) is 109 cm³/mol. The Kier molecular flexibility index (Phi) is 6.74. The van der Waals surface area contributed by atoms with E-state index in [0.29, 0.717) is 18.7 Å². The number of rotatable bonds is 8. The molecule has 0 aliphatic carbocycles. The molecule has 2 heterocycles. The highest BCUT2D eigenvalue weighted by atomic mass is 19.1. The molecule has 1 atom stereocenters. The van der Waals surface area contributed by atoms with Gasteiger partial charge in [0, 0.05) is 42.4 Å². The maximum Gasteiger partial charge on any atom is 0.257 e. The second-order valence-corrected chi connectivity index (χ2v) is 6.73. The number of hydrogen-bond acceptors (Lipinski definition) is 5. The van der Waals surface area contributed by atoms with Crippen molar-refractivity contribution in [1.29, 1.82) is 0 Å². The molecule has 0 fully saturated rings. The van der Waals surface area contributed by atoms with E-state index < -0.39 is 17.6 Å². The minimum absolute atomic E-state index is 0.111. The molecule has 9 heteroatoms. The summed E-state index contributed by atoms with van der Waals surface area (Å²) in [4.78, 5) is 28.9. The van der Waals surface area contributed by atoms with Gasteiger partial charge in [-0.3, -0.25) is 19.3 Å². The molecular weight excluding hydrogens is 389 g/mol. The minimum atomic E-state index is -0.633. The van der Waals surface area contributed by atoms with Gasteiger partial charge in [0.25, 0.3) is 11.8 Å². The molecule has 3 rings (SSSR count). The lowest BCUT2D eigenvalue weighted by Gasteiger charge is -2.15.